The van der Waals surface area contributed by atoms with Crippen LogP contribution in [0, 0.1) is 0 Å². The summed E-state index contributed by atoms with van der Waals surface area (Å²) in [5.41, 5.74) is 16.9. The lowest BCUT2D eigenvalue weighted by Gasteiger charge is -2.30. The van der Waals surface area contributed by atoms with Crippen LogP contribution in [0.1, 0.15) is 101 Å². The quantitative estimate of drug-likeness (QED) is 0.113. The Bertz CT molecular complexity index is 3010. The second kappa shape index (κ2) is 18.7. The van der Waals surface area contributed by atoms with Gasteiger partial charge in [0, 0.05) is 33.5 Å². The van der Waals surface area contributed by atoms with Gasteiger partial charge in [0.1, 0.15) is 0 Å². The maximum Gasteiger partial charge on any atom is 0.0546 e. The van der Waals surface area contributed by atoms with E-state index in [1.807, 2.05) is 0 Å². The van der Waals surface area contributed by atoms with Crippen molar-refractivity contribution < 1.29 is 0 Å². The third-order valence-corrected chi connectivity index (χ3v) is 14.0. The van der Waals surface area contributed by atoms with Gasteiger partial charge in [0.15, 0.2) is 0 Å². The standard InChI is InChI=1S/C66H62N2/c1-43(2)47-19-29-55(30-20-47)67(56-31-21-48(22-32-56)44(3)4)65-41-61-60-38-28-54(52-17-13-10-14-18-52)40-64(60)66(42-62(61)59-37-27-53(39-63(59)65)51-15-11-9-12-16-51)68(57-33-23-49(24-34-57)45(5)6)58-35-25-50(26-36-58)46(7)8/h9-46H,1-8H3. The molecule has 10 rings (SSSR count). The summed E-state index contributed by atoms with van der Waals surface area (Å²) in [6.45, 7) is 18.1. The molecule has 0 spiro atoms. The van der Waals surface area contributed by atoms with Crippen molar-refractivity contribution in [1.29, 1.82) is 0 Å². The van der Waals surface area contributed by atoms with Crippen LogP contribution in [0.3, 0.4) is 0 Å². The highest BCUT2D eigenvalue weighted by atomic mass is 15.2. The molecule has 0 saturated heterocycles. The summed E-state index contributed by atoms with van der Waals surface area (Å²) in [5.74, 6) is 1.72. The third kappa shape index (κ3) is 8.57. The molecule has 336 valence electrons. The van der Waals surface area contributed by atoms with E-state index in [4.69, 9.17) is 0 Å². The normalized spacial score (nSPS) is 11.8. The van der Waals surface area contributed by atoms with Crippen LogP contribution >= 0.6 is 0 Å². The molecule has 2 nitrogen and oxygen atoms in total. The van der Waals surface area contributed by atoms with Crippen molar-refractivity contribution in [2.24, 2.45) is 0 Å². The summed E-state index contributed by atoms with van der Waals surface area (Å²) >= 11 is 0. The molecule has 0 aliphatic heterocycles. The molecule has 0 atom stereocenters. The minimum atomic E-state index is 0.431. The van der Waals surface area contributed by atoms with Gasteiger partial charge in [-0.25, -0.2) is 0 Å². The molecular formula is C66H62N2. The first-order valence-corrected chi connectivity index (χ1v) is 24.6. The van der Waals surface area contributed by atoms with Gasteiger partial charge in [-0.15, -0.1) is 0 Å². The lowest BCUT2D eigenvalue weighted by Crippen LogP contribution is -2.12. The van der Waals surface area contributed by atoms with E-state index in [1.54, 1.807) is 0 Å². The summed E-state index contributed by atoms with van der Waals surface area (Å²) in [6, 6.07) is 77.7. The van der Waals surface area contributed by atoms with E-state index >= 15 is 0 Å². The fourth-order valence-corrected chi connectivity index (χ4v) is 9.89. The molecule has 10 aromatic carbocycles. The van der Waals surface area contributed by atoms with E-state index in [2.05, 4.69) is 271 Å². The van der Waals surface area contributed by atoms with E-state index < -0.39 is 0 Å². The van der Waals surface area contributed by atoms with E-state index in [1.165, 1.54) is 76.8 Å². The lowest BCUT2D eigenvalue weighted by molar-refractivity contribution is 0.866. The van der Waals surface area contributed by atoms with Crippen LogP contribution in [-0.4, -0.2) is 0 Å². The molecule has 0 aliphatic rings. The van der Waals surface area contributed by atoms with Crippen LogP contribution in [0.2, 0.25) is 0 Å². The van der Waals surface area contributed by atoms with Crippen LogP contribution in [-0.2, 0) is 0 Å². The number of anilines is 6. The SMILES string of the molecule is CC(C)c1ccc(N(c2ccc(C(C)C)cc2)c2cc3c4ccc(-c5ccccc5)cc4c(N(c4ccc(C(C)C)cc4)c4ccc(C(C)C)cc4)cc3c3ccc(-c4ccccc4)cc23)cc1. The van der Waals surface area contributed by atoms with Crippen molar-refractivity contribution in [2.45, 2.75) is 79.1 Å². The molecule has 0 saturated carbocycles. The number of nitrogens with zero attached hydrogens (tertiary/aromatic N) is 2. The molecule has 0 N–H and O–H groups in total. The number of hydrogen-bond acceptors (Lipinski definition) is 2. The van der Waals surface area contributed by atoms with Gasteiger partial charge < -0.3 is 9.80 Å². The Labute approximate surface area is 404 Å². The van der Waals surface area contributed by atoms with Gasteiger partial charge in [-0.05, 0) is 163 Å². The Morgan fingerprint density at radius 1 is 0.235 bits per heavy atom. The molecule has 10 aromatic rings. The molecule has 0 heterocycles. The zero-order chi connectivity index (χ0) is 47.1. The van der Waals surface area contributed by atoms with E-state index in [9.17, 15) is 0 Å². The second-order valence-electron chi connectivity index (χ2n) is 19.8. The molecule has 0 fully saturated rings. The van der Waals surface area contributed by atoms with Gasteiger partial charge in [0.2, 0.25) is 0 Å². The highest BCUT2D eigenvalue weighted by Gasteiger charge is 2.24. The summed E-state index contributed by atoms with van der Waals surface area (Å²) < 4.78 is 0. The number of benzene rings is 10. The first-order chi connectivity index (χ1) is 33.0. The topological polar surface area (TPSA) is 6.48 Å². The average Bonchev–Trinajstić information content (AvgIpc) is 3.37. The van der Waals surface area contributed by atoms with Crippen molar-refractivity contribution in [3.63, 3.8) is 0 Å². The molecule has 0 aliphatic carbocycles. The van der Waals surface area contributed by atoms with Crippen LogP contribution in [0.5, 0.6) is 0 Å². The van der Waals surface area contributed by atoms with Crippen molar-refractivity contribution in [3.05, 3.63) is 229 Å². The molecule has 0 radical (unpaired) electrons. The smallest absolute Gasteiger partial charge is 0.0546 e. The highest BCUT2D eigenvalue weighted by molar-refractivity contribution is 6.25. The van der Waals surface area contributed by atoms with Gasteiger partial charge in [0.05, 0.1) is 11.4 Å². The Balaban J connectivity index is 1.33. The maximum atomic E-state index is 2.49. The van der Waals surface area contributed by atoms with Crippen LogP contribution in [0.25, 0.3) is 54.6 Å². The molecule has 2 heteroatoms. The van der Waals surface area contributed by atoms with Crippen molar-refractivity contribution in [3.8, 4) is 22.3 Å². The highest BCUT2D eigenvalue weighted by Crippen LogP contribution is 2.49. The molecule has 0 amide bonds. The number of hydrogen-bond donors (Lipinski definition) is 0. The van der Waals surface area contributed by atoms with Gasteiger partial charge in [0.25, 0.3) is 0 Å². The summed E-state index contributed by atoms with van der Waals surface area (Å²) in [5, 5.41) is 7.23. The first kappa shape index (κ1) is 44.4. The zero-order valence-corrected chi connectivity index (χ0v) is 40.8. The summed E-state index contributed by atoms with van der Waals surface area (Å²) in [4.78, 5) is 4.98. The summed E-state index contributed by atoms with van der Waals surface area (Å²) in [6.07, 6.45) is 0. The monoisotopic (exact) mass is 882 g/mol. The van der Waals surface area contributed by atoms with Crippen molar-refractivity contribution >= 4 is 66.4 Å². The third-order valence-electron chi connectivity index (χ3n) is 14.0. The Morgan fingerprint density at radius 2 is 0.515 bits per heavy atom. The van der Waals surface area contributed by atoms with Crippen molar-refractivity contribution in [1.82, 2.24) is 0 Å². The minimum absolute atomic E-state index is 0.431. The largest absolute Gasteiger partial charge is 0.310 e. The molecule has 68 heavy (non-hydrogen) atoms. The summed E-state index contributed by atoms with van der Waals surface area (Å²) in [7, 11) is 0. The number of rotatable bonds is 12. The Morgan fingerprint density at radius 3 is 0.779 bits per heavy atom. The average molecular weight is 883 g/mol. The predicted molar refractivity (Wildman–Crippen MR) is 296 cm³/mol. The van der Waals surface area contributed by atoms with Crippen molar-refractivity contribution in [2.75, 3.05) is 9.80 Å². The predicted octanol–water partition coefficient (Wildman–Crippen LogP) is 19.9. The fraction of sp³-hybridized carbons (Fsp3) is 0.182. The maximum absolute atomic E-state index is 2.49. The molecular weight excluding hydrogens is 821 g/mol. The number of fused-ring (bicyclic) bond motifs is 5. The molecule has 0 unspecified atom stereocenters. The van der Waals surface area contributed by atoms with Gasteiger partial charge in [-0.2, -0.15) is 0 Å². The first-order valence-electron chi connectivity index (χ1n) is 24.6. The molecule has 0 aromatic heterocycles. The Hall–Kier alpha value is -7.42. The van der Waals surface area contributed by atoms with Crippen LogP contribution in [0.15, 0.2) is 206 Å². The second-order valence-corrected chi connectivity index (χ2v) is 19.8. The van der Waals surface area contributed by atoms with E-state index in [-0.39, 0.29) is 0 Å². The van der Waals surface area contributed by atoms with E-state index in [0.29, 0.717) is 23.7 Å². The molecule has 0 bridgehead atoms. The lowest BCUT2D eigenvalue weighted by atomic mass is 9.90. The van der Waals surface area contributed by atoms with Crippen LogP contribution < -0.4 is 9.80 Å². The van der Waals surface area contributed by atoms with Crippen LogP contribution in [0.4, 0.5) is 34.1 Å². The van der Waals surface area contributed by atoms with Gasteiger partial charge >= 0.3 is 0 Å². The minimum Gasteiger partial charge on any atom is -0.310 e. The fourth-order valence-electron chi connectivity index (χ4n) is 9.89. The van der Waals surface area contributed by atoms with E-state index in [0.717, 1.165) is 34.1 Å². The van der Waals surface area contributed by atoms with Gasteiger partial charge in [-0.3, -0.25) is 0 Å². The van der Waals surface area contributed by atoms with Gasteiger partial charge in [-0.1, -0.05) is 189 Å². The zero-order valence-electron chi connectivity index (χ0n) is 40.8. The Kier molecular flexibility index (Phi) is 12.2.